The highest BCUT2D eigenvalue weighted by Gasteiger charge is 1.98. The number of unbranched alkanes of at least 4 members (excludes halogenated alkanes) is 6. The lowest BCUT2D eigenvalue weighted by Crippen LogP contribution is -2.02. The van der Waals surface area contributed by atoms with Crippen LogP contribution in [0.4, 0.5) is 0 Å². The predicted molar refractivity (Wildman–Crippen MR) is 95.9 cm³/mol. The van der Waals surface area contributed by atoms with Crippen LogP contribution in [0.5, 0.6) is 0 Å². The van der Waals surface area contributed by atoms with Gasteiger partial charge >= 0.3 is 5.97 Å². The lowest BCUT2D eigenvalue weighted by Gasteiger charge is -1.99. The highest BCUT2D eigenvalue weighted by molar-refractivity contribution is 5.69. The average Bonchev–Trinajstić information content (AvgIpc) is 2.51. The lowest BCUT2D eigenvalue weighted by molar-refractivity contribution is -0.143. The van der Waals surface area contributed by atoms with Crippen LogP contribution >= 0.6 is 0 Å². The van der Waals surface area contributed by atoms with Crippen molar-refractivity contribution < 1.29 is 9.53 Å². The second kappa shape index (κ2) is 17.7. The zero-order valence-electron chi connectivity index (χ0n) is 14.6. The summed E-state index contributed by atoms with van der Waals surface area (Å²) in [5, 5.41) is 0. The number of hydrogen-bond donors (Lipinski definition) is 0. The maximum atomic E-state index is 11.1. The van der Waals surface area contributed by atoms with Crippen LogP contribution < -0.4 is 0 Å². The van der Waals surface area contributed by atoms with E-state index < -0.39 is 0 Å². The number of rotatable bonds is 14. The third-order valence-corrected chi connectivity index (χ3v) is 3.32. The van der Waals surface area contributed by atoms with E-state index in [0.29, 0.717) is 13.0 Å². The SMILES string of the molecule is CCCCC/C=C\C=C\CCC/C=C\CCCC(=O)OCC. The van der Waals surface area contributed by atoms with Crippen LogP contribution in [0.15, 0.2) is 36.5 Å². The number of hydrogen-bond acceptors (Lipinski definition) is 2. The highest BCUT2D eigenvalue weighted by atomic mass is 16.5. The molecule has 0 bridgehead atoms. The molecule has 0 aliphatic rings. The van der Waals surface area contributed by atoms with E-state index in [-0.39, 0.29) is 5.97 Å². The van der Waals surface area contributed by atoms with Gasteiger partial charge in [0.15, 0.2) is 0 Å². The number of esters is 1. The zero-order valence-corrected chi connectivity index (χ0v) is 14.6. The van der Waals surface area contributed by atoms with E-state index in [0.717, 1.165) is 25.7 Å². The number of ether oxygens (including phenoxy) is 1. The highest BCUT2D eigenvalue weighted by Crippen LogP contribution is 2.03. The molecule has 0 atom stereocenters. The minimum absolute atomic E-state index is 0.0798. The van der Waals surface area contributed by atoms with E-state index >= 15 is 0 Å². The Morgan fingerprint density at radius 2 is 1.36 bits per heavy atom. The van der Waals surface area contributed by atoms with Gasteiger partial charge in [0.2, 0.25) is 0 Å². The van der Waals surface area contributed by atoms with Crippen molar-refractivity contribution in [3.8, 4) is 0 Å². The smallest absolute Gasteiger partial charge is 0.305 e. The van der Waals surface area contributed by atoms with Gasteiger partial charge in [0.05, 0.1) is 6.61 Å². The normalized spacial score (nSPS) is 11.9. The molecule has 0 amide bonds. The van der Waals surface area contributed by atoms with Gasteiger partial charge in [-0.05, 0) is 51.9 Å². The minimum Gasteiger partial charge on any atom is -0.466 e. The van der Waals surface area contributed by atoms with Crippen LogP contribution in [-0.4, -0.2) is 12.6 Å². The molecule has 0 aromatic heterocycles. The van der Waals surface area contributed by atoms with Crippen molar-refractivity contribution in [3.05, 3.63) is 36.5 Å². The summed E-state index contributed by atoms with van der Waals surface area (Å²) in [6.45, 7) is 4.56. The van der Waals surface area contributed by atoms with Crippen molar-refractivity contribution in [1.29, 1.82) is 0 Å². The molecule has 0 rings (SSSR count). The van der Waals surface area contributed by atoms with Crippen LogP contribution in [0.1, 0.15) is 78.1 Å². The maximum Gasteiger partial charge on any atom is 0.305 e. The van der Waals surface area contributed by atoms with Crippen molar-refractivity contribution >= 4 is 5.97 Å². The molecule has 2 heteroatoms. The quantitative estimate of drug-likeness (QED) is 0.167. The maximum absolute atomic E-state index is 11.1. The molecule has 0 aromatic carbocycles. The van der Waals surface area contributed by atoms with Gasteiger partial charge in [0.25, 0.3) is 0 Å². The van der Waals surface area contributed by atoms with Crippen LogP contribution in [0.2, 0.25) is 0 Å². The summed E-state index contributed by atoms with van der Waals surface area (Å²) in [5.41, 5.74) is 0. The largest absolute Gasteiger partial charge is 0.466 e. The fourth-order valence-corrected chi connectivity index (χ4v) is 2.05. The van der Waals surface area contributed by atoms with Gasteiger partial charge in [-0.1, -0.05) is 56.2 Å². The minimum atomic E-state index is -0.0798. The van der Waals surface area contributed by atoms with E-state index in [4.69, 9.17) is 4.74 Å². The van der Waals surface area contributed by atoms with Crippen LogP contribution in [0.25, 0.3) is 0 Å². The standard InChI is InChI=1S/C20H34O2/c1-3-5-6-7-8-9-10-11-12-13-14-15-16-17-18-19-20(21)22-4-2/h8-11,15-16H,3-7,12-14,17-19H2,1-2H3/b9-8-,11-10+,16-15-. The topological polar surface area (TPSA) is 26.3 Å². The van der Waals surface area contributed by atoms with Gasteiger partial charge in [-0.15, -0.1) is 0 Å². The lowest BCUT2D eigenvalue weighted by atomic mass is 10.1. The van der Waals surface area contributed by atoms with E-state index in [1.54, 1.807) is 0 Å². The summed E-state index contributed by atoms with van der Waals surface area (Å²) in [7, 11) is 0. The Morgan fingerprint density at radius 3 is 2.00 bits per heavy atom. The van der Waals surface area contributed by atoms with Crippen molar-refractivity contribution in [2.75, 3.05) is 6.61 Å². The first kappa shape index (κ1) is 20.7. The molecule has 0 heterocycles. The Hall–Kier alpha value is -1.31. The summed E-state index contributed by atoms with van der Waals surface area (Å²) < 4.78 is 4.88. The molecule has 0 aromatic rings. The molecule has 0 unspecified atom stereocenters. The molecule has 0 N–H and O–H groups in total. The van der Waals surface area contributed by atoms with E-state index in [1.807, 2.05) is 6.92 Å². The Bertz CT molecular complexity index is 327. The Labute approximate surface area is 137 Å². The molecule has 0 saturated heterocycles. The molecular weight excluding hydrogens is 272 g/mol. The third kappa shape index (κ3) is 16.7. The summed E-state index contributed by atoms with van der Waals surface area (Å²) in [4.78, 5) is 11.1. The molecular formula is C20H34O2. The fraction of sp³-hybridized carbons (Fsp3) is 0.650. The zero-order chi connectivity index (χ0) is 16.3. The molecule has 0 fully saturated rings. The summed E-state index contributed by atoms with van der Waals surface area (Å²) >= 11 is 0. The Balaban J connectivity index is 3.34. The monoisotopic (exact) mass is 306 g/mol. The second-order valence-electron chi connectivity index (χ2n) is 5.45. The molecule has 22 heavy (non-hydrogen) atoms. The van der Waals surface area contributed by atoms with E-state index in [1.165, 1.54) is 32.1 Å². The van der Waals surface area contributed by atoms with Gasteiger partial charge in [0.1, 0.15) is 0 Å². The molecule has 126 valence electrons. The summed E-state index contributed by atoms with van der Waals surface area (Å²) in [6, 6.07) is 0. The van der Waals surface area contributed by atoms with E-state index in [2.05, 4.69) is 43.4 Å². The Morgan fingerprint density at radius 1 is 0.773 bits per heavy atom. The van der Waals surface area contributed by atoms with Gasteiger partial charge < -0.3 is 4.74 Å². The van der Waals surface area contributed by atoms with Crippen molar-refractivity contribution in [2.45, 2.75) is 78.1 Å². The van der Waals surface area contributed by atoms with E-state index in [9.17, 15) is 4.79 Å². The Kier molecular flexibility index (Phi) is 16.7. The molecule has 0 radical (unpaired) electrons. The molecule has 0 aliphatic carbocycles. The number of allylic oxidation sites excluding steroid dienone is 6. The van der Waals surface area contributed by atoms with Crippen molar-refractivity contribution in [1.82, 2.24) is 0 Å². The summed E-state index contributed by atoms with van der Waals surface area (Å²) in [6.07, 6.45) is 24.2. The van der Waals surface area contributed by atoms with Gasteiger partial charge in [-0.2, -0.15) is 0 Å². The molecule has 2 nitrogen and oxygen atoms in total. The fourth-order valence-electron chi connectivity index (χ4n) is 2.05. The van der Waals surface area contributed by atoms with Gasteiger partial charge in [-0.25, -0.2) is 0 Å². The van der Waals surface area contributed by atoms with Crippen LogP contribution in [-0.2, 0) is 9.53 Å². The predicted octanol–water partition coefficient (Wildman–Crippen LogP) is 6.14. The first-order valence-corrected chi connectivity index (χ1v) is 8.93. The molecule has 0 spiro atoms. The molecule has 0 saturated carbocycles. The third-order valence-electron chi connectivity index (χ3n) is 3.32. The van der Waals surface area contributed by atoms with Crippen LogP contribution in [0, 0.1) is 0 Å². The molecule has 0 aliphatic heterocycles. The number of carbonyl (C=O) groups excluding carboxylic acids is 1. The first-order valence-electron chi connectivity index (χ1n) is 8.93. The number of carbonyl (C=O) groups is 1. The summed E-state index contributed by atoms with van der Waals surface area (Å²) in [5.74, 6) is -0.0798. The second-order valence-corrected chi connectivity index (χ2v) is 5.45. The van der Waals surface area contributed by atoms with Crippen molar-refractivity contribution in [3.63, 3.8) is 0 Å². The van der Waals surface area contributed by atoms with Gasteiger partial charge in [-0.3, -0.25) is 4.79 Å². The van der Waals surface area contributed by atoms with Crippen molar-refractivity contribution in [2.24, 2.45) is 0 Å². The van der Waals surface area contributed by atoms with Crippen LogP contribution in [0.3, 0.4) is 0 Å². The average molecular weight is 306 g/mol. The van der Waals surface area contributed by atoms with Gasteiger partial charge in [0, 0.05) is 6.42 Å². The first-order chi connectivity index (χ1) is 10.8.